The average molecular weight is 419 g/mol. The Morgan fingerprint density at radius 3 is 2.80 bits per heavy atom. The van der Waals surface area contributed by atoms with Crippen molar-refractivity contribution >= 4 is 11.3 Å². The molecule has 0 unspecified atom stereocenters. The van der Waals surface area contributed by atoms with Crippen LogP contribution in [0.5, 0.6) is 0 Å². The molecule has 0 aliphatic carbocycles. The van der Waals surface area contributed by atoms with Crippen molar-refractivity contribution in [3.05, 3.63) is 76.6 Å². The van der Waals surface area contributed by atoms with Crippen LogP contribution < -0.4 is 0 Å². The van der Waals surface area contributed by atoms with E-state index in [4.69, 9.17) is 9.62 Å². The molecule has 1 saturated heterocycles. The molecule has 1 fully saturated rings. The molecule has 1 aliphatic heterocycles. The van der Waals surface area contributed by atoms with Gasteiger partial charge in [0.15, 0.2) is 0 Å². The quantitative estimate of drug-likeness (QED) is 0.397. The van der Waals surface area contributed by atoms with Crippen LogP contribution in [-0.2, 0) is 13.0 Å². The third-order valence-electron chi connectivity index (χ3n) is 5.94. The van der Waals surface area contributed by atoms with Crippen molar-refractivity contribution in [1.29, 1.82) is 0 Å². The van der Waals surface area contributed by atoms with E-state index in [9.17, 15) is 0 Å². The van der Waals surface area contributed by atoms with E-state index >= 15 is 0 Å². The van der Waals surface area contributed by atoms with Crippen LogP contribution in [0.15, 0.2) is 58.6 Å². The van der Waals surface area contributed by atoms with Crippen molar-refractivity contribution in [2.24, 2.45) is 0 Å². The number of likely N-dealkylation sites (tertiary alicyclic amines) is 1. The Bertz CT molecular complexity index is 1110. The molecule has 0 radical (unpaired) electrons. The molecule has 1 aliphatic rings. The van der Waals surface area contributed by atoms with Crippen LogP contribution in [0.2, 0.25) is 0 Å². The zero-order valence-corrected chi connectivity index (χ0v) is 18.2. The number of aryl methyl sites for hydroxylation is 2. The zero-order valence-electron chi connectivity index (χ0n) is 17.4. The highest BCUT2D eigenvalue weighted by molar-refractivity contribution is 7.13. The fourth-order valence-corrected chi connectivity index (χ4v) is 5.27. The van der Waals surface area contributed by atoms with Crippen molar-refractivity contribution < 1.29 is 4.52 Å². The fraction of sp³-hybridized carbons (Fsp3) is 0.333. The van der Waals surface area contributed by atoms with Crippen LogP contribution in [-0.4, -0.2) is 26.4 Å². The van der Waals surface area contributed by atoms with E-state index < -0.39 is 0 Å². The van der Waals surface area contributed by atoms with Crippen LogP contribution >= 0.6 is 11.3 Å². The molecule has 5 nitrogen and oxygen atoms in total. The van der Waals surface area contributed by atoms with Crippen molar-refractivity contribution in [2.75, 3.05) is 6.54 Å². The van der Waals surface area contributed by atoms with Gasteiger partial charge in [0.05, 0.1) is 16.3 Å². The number of hydrogen-bond acceptors (Lipinski definition) is 5. The van der Waals surface area contributed by atoms with Crippen LogP contribution in [0.25, 0.3) is 16.3 Å². The van der Waals surface area contributed by atoms with E-state index in [2.05, 4.69) is 71.9 Å². The minimum Gasteiger partial charge on any atom is -0.361 e. The van der Waals surface area contributed by atoms with Gasteiger partial charge >= 0.3 is 0 Å². The number of para-hydroxylation sites is 1. The summed E-state index contributed by atoms with van der Waals surface area (Å²) in [6, 6.07) is 15.0. The van der Waals surface area contributed by atoms with Gasteiger partial charge in [0, 0.05) is 36.3 Å². The summed E-state index contributed by atoms with van der Waals surface area (Å²) >= 11 is 1.74. The zero-order chi connectivity index (χ0) is 20.5. The van der Waals surface area contributed by atoms with Gasteiger partial charge in [-0.15, -0.1) is 11.3 Å². The first-order valence-corrected chi connectivity index (χ1v) is 11.5. The molecule has 0 N–H and O–H groups in total. The molecule has 154 valence electrons. The first kappa shape index (κ1) is 19.3. The van der Waals surface area contributed by atoms with E-state index in [-0.39, 0.29) is 0 Å². The van der Waals surface area contributed by atoms with Gasteiger partial charge in [0.2, 0.25) is 0 Å². The maximum absolute atomic E-state index is 5.61. The molecule has 4 heterocycles. The second kappa shape index (κ2) is 8.20. The number of aromatic nitrogens is 3. The molecule has 0 bridgehead atoms. The van der Waals surface area contributed by atoms with Gasteiger partial charge in [-0.25, -0.2) is 4.68 Å². The summed E-state index contributed by atoms with van der Waals surface area (Å²) in [5.74, 6) is 1.03. The summed E-state index contributed by atoms with van der Waals surface area (Å²) in [4.78, 5) is 3.79. The van der Waals surface area contributed by atoms with Crippen LogP contribution in [0.3, 0.4) is 0 Å². The second-order valence-corrected chi connectivity index (χ2v) is 8.79. The summed E-state index contributed by atoms with van der Waals surface area (Å²) in [5.41, 5.74) is 5.76. The minimum absolute atomic E-state index is 0.363. The lowest BCUT2D eigenvalue weighted by Crippen LogP contribution is -2.23. The topological polar surface area (TPSA) is 47.1 Å². The molecule has 30 heavy (non-hydrogen) atoms. The molecular weight excluding hydrogens is 392 g/mol. The van der Waals surface area contributed by atoms with Gasteiger partial charge in [-0.2, -0.15) is 5.10 Å². The Hall–Kier alpha value is -2.70. The van der Waals surface area contributed by atoms with E-state index in [1.807, 2.05) is 10.7 Å². The molecule has 1 atom stereocenters. The largest absolute Gasteiger partial charge is 0.361 e. The highest BCUT2D eigenvalue weighted by Crippen LogP contribution is 2.38. The molecule has 0 spiro atoms. The van der Waals surface area contributed by atoms with E-state index in [0.717, 1.165) is 48.8 Å². The Morgan fingerprint density at radius 1 is 1.17 bits per heavy atom. The maximum Gasteiger partial charge on any atom is 0.141 e. The summed E-state index contributed by atoms with van der Waals surface area (Å²) < 4.78 is 7.62. The van der Waals surface area contributed by atoms with Crippen LogP contribution in [0.1, 0.15) is 48.4 Å². The number of thiophene rings is 1. The third kappa shape index (κ3) is 3.50. The molecule has 0 amide bonds. The Labute approximate surface area is 180 Å². The van der Waals surface area contributed by atoms with Crippen LogP contribution in [0, 0.1) is 6.92 Å². The standard InChI is InChI=1S/C24H26N4OS/c1-3-21-23(17(2)26-29-21)20-11-7-13-27(20)15-18-16-28(19-9-5-4-6-10-19)25-24(18)22-12-8-14-30-22/h4-6,8-10,12,14,16,20H,3,7,11,13,15H2,1-2H3/t20-/m1/s1. The van der Waals surface area contributed by atoms with Gasteiger partial charge in [0.25, 0.3) is 0 Å². The lowest BCUT2D eigenvalue weighted by atomic mass is 10.0. The Kier molecular flexibility index (Phi) is 5.27. The normalized spacial score (nSPS) is 17.1. The van der Waals surface area contributed by atoms with Gasteiger partial charge in [0.1, 0.15) is 11.5 Å². The molecule has 4 aromatic rings. The highest BCUT2D eigenvalue weighted by atomic mass is 32.1. The second-order valence-electron chi connectivity index (χ2n) is 7.85. The predicted molar refractivity (Wildman–Crippen MR) is 120 cm³/mol. The molecule has 0 saturated carbocycles. The van der Waals surface area contributed by atoms with Crippen molar-refractivity contribution in [3.63, 3.8) is 0 Å². The van der Waals surface area contributed by atoms with Gasteiger partial charge in [-0.3, -0.25) is 4.90 Å². The molecule has 6 heteroatoms. The van der Waals surface area contributed by atoms with E-state index in [1.165, 1.54) is 22.4 Å². The van der Waals surface area contributed by atoms with E-state index in [1.54, 1.807) is 11.3 Å². The summed E-state index contributed by atoms with van der Waals surface area (Å²) in [6.45, 7) is 6.16. The first-order chi connectivity index (χ1) is 14.7. The van der Waals surface area contributed by atoms with Gasteiger partial charge < -0.3 is 4.52 Å². The number of nitrogens with zero attached hydrogens (tertiary/aromatic N) is 4. The SMILES string of the molecule is CCc1onc(C)c1[C@H]1CCCN1Cc1cn(-c2ccccc2)nc1-c1cccs1. The highest BCUT2D eigenvalue weighted by Gasteiger charge is 2.32. The van der Waals surface area contributed by atoms with Crippen molar-refractivity contribution in [2.45, 2.75) is 45.7 Å². The monoisotopic (exact) mass is 418 g/mol. The lowest BCUT2D eigenvalue weighted by molar-refractivity contribution is 0.245. The van der Waals surface area contributed by atoms with Gasteiger partial charge in [-0.05, 0) is 49.9 Å². The molecule has 3 aromatic heterocycles. The summed E-state index contributed by atoms with van der Waals surface area (Å²) in [6.07, 6.45) is 5.42. The Balaban J connectivity index is 1.50. The van der Waals surface area contributed by atoms with Crippen LogP contribution in [0.4, 0.5) is 0 Å². The van der Waals surface area contributed by atoms with Crippen molar-refractivity contribution in [3.8, 4) is 16.3 Å². The Morgan fingerprint density at radius 2 is 2.03 bits per heavy atom. The lowest BCUT2D eigenvalue weighted by Gasteiger charge is -2.24. The number of hydrogen-bond donors (Lipinski definition) is 0. The van der Waals surface area contributed by atoms with E-state index in [0.29, 0.717) is 6.04 Å². The average Bonchev–Trinajstić information content (AvgIpc) is 3.56. The first-order valence-electron chi connectivity index (χ1n) is 10.6. The molecule has 5 rings (SSSR count). The maximum atomic E-state index is 5.61. The van der Waals surface area contributed by atoms with Gasteiger partial charge in [-0.1, -0.05) is 36.3 Å². The van der Waals surface area contributed by atoms with Crippen molar-refractivity contribution in [1.82, 2.24) is 19.8 Å². The number of benzene rings is 1. The number of rotatable bonds is 6. The third-order valence-corrected chi connectivity index (χ3v) is 6.82. The summed E-state index contributed by atoms with van der Waals surface area (Å²) in [5, 5.41) is 11.4. The smallest absolute Gasteiger partial charge is 0.141 e. The fourth-order valence-electron chi connectivity index (χ4n) is 4.53. The minimum atomic E-state index is 0.363. The summed E-state index contributed by atoms with van der Waals surface area (Å²) in [7, 11) is 0. The predicted octanol–water partition coefficient (Wildman–Crippen LogP) is 5.80. The molecular formula is C24H26N4OS. The molecule has 1 aromatic carbocycles.